The van der Waals surface area contributed by atoms with Gasteiger partial charge in [-0.1, -0.05) is 13.3 Å². The van der Waals surface area contributed by atoms with E-state index < -0.39 is 0 Å². The lowest BCUT2D eigenvalue weighted by Gasteiger charge is -2.05. The maximum absolute atomic E-state index is 8.86. The summed E-state index contributed by atoms with van der Waals surface area (Å²) in [6.45, 7) is 2.16. The number of unbranched alkanes of at least 4 members (excludes halogenated alkanes) is 1. The lowest BCUT2D eigenvalue weighted by atomic mass is 10.2. The molecule has 2 heterocycles. The molecule has 2 aromatic heterocycles. The molecule has 0 saturated heterocycles. The van der Waals surface area contributed by atoms with Crippen molar-refractivity contribution in [3.8, 4) is 11.9 Å². The molecule has 86 valence electrons. The molecule has 0 bridgehead atoms. The highest BCUT2D eigenvalue weighted by atomic mass is 15.3. The summed E-state index contributed by atoms with van der Waals surface area (Å²) in [4.78, 5) is 4.25. The quantitative estimate of drug-likeness (QED) is 0.804. The van der Waals surface area contributed by atoms with E-state index in [1.54, 1.807) is 29.2 Å². The third-order valence-electron chi connectivity index (χ3n) is 2.60. The molecule has 0 saturated carbocycles. The minimum Gasteiger partial charge on any atom is -0.237 e. The molecular weight excluding hydrogens is 212 g/mol. The molecule has 0 aliphatic carbocycles. The van der Waals surface area contributed by atoms with Gasteiger partial charge in [0.05, 0.1) is 11.6 Å². The molecule has 0 spiro atoms. The number of aryl methyl sites for hydroxylation is 1. The van der Waals surface area contributed by atoms with E-state index in [1.165, 1.54) is 0 Å². The van der Waals surface area contributed by atoms with Gasteiger partial charge < -0.3 is 0 Å². The first-order valence-corrected chi connectivity index (χ1v) is 5.74. The third-order valence-corrected chi connectivity index (χ3v) is 2.60. The molecule has 0 aliphatic rings. The van der Waals surface area contributed by atoms with Crippen LogP contribution in [0.5, 0.6) is 0 Å². The summed E-state index contributed by atoms with van der Waals surface area (Å²) in [6.07, 6.45) is 6.67. The maximum atomic E-state index is 8.86. The van der Waals surface area contributed by atoms with Gasteiger partial charge in [0.15, 0.2) is 5.82 Å². The van der Waals surface area contributed by atoms with E-state index in [0.29, 0.717) is 11.4 Å². The number of nitrogens with zero attached hydrogens (tertiary/aromatic N) is 4. The standard InChI is InChI=1S/C13H14N4/c1-2-3-4-12-6-8-16-17(12)13-9-11(10-14)5-7-15-13/h5-9H,2-4H2,1H3. The highest BCUT2D eigenvalue weighted by Crippen LogP contribution is 2.11. The molecule has 0 fully saturated rings. The number of rotatable bonds is 4. The summed E-state index contributed by atoms with van der Waals surface area (Å²) < 4.78 is 1.80. The van der Waals surface area contributed by atoms with E-state index >= 15 is 0 Å². The molecule has 0 N–H and O–H groups in total. The van der Waals surface area contributed by atoms with E-state index in [-0.39, 0.29) is 0 Å². The Kier molecular flexibility index (Phi) is 3.51. The van der Waals surface area contributed by atoms with Crippen LogP contribution in [0.1, 0.15) is 31.0 Å². The van der Waals surface area contributed by atoms with Gasteiger partial charge in [-0.25, -0.2) is 9.67 Å². The molecule has 0 atom stereocenters. The van der Waals surface area contributed by atoms with Crippen molar-refractivity contribution in [2.24, 2.45) is 0 Å². The Morgan fingerprint density at radius 1 is 1.35 bits per heavy atom. The normalized spacial score (nSPS) is 10.1. The Labute approximate surface area is 101 Å². The second kappa shape index (κ2) is 5.26. The largest absolute Gasteiger partial charge is 0.237 e. The molecule has 4 nitrogen and oxygen atoms in total. The Balaban J connectivity index is 2.33. The van der Waals surface area contributed by atoms with Crippen molar-refractivity contribution in [1.29, 1.82) is 5.26 Å². The van der Waals surface area contributed by atoms with Crippen LogP contribution < -0.4 is 0 Å². The number of hydrogen-bond donors (Lipinski definition) is 0. The minimum atomic E-state index is 0.604. The van der Waals surface area contributed by atoms with Gasteiger partial charge in [-0.05, 0) is 25.0 Å². The number of hydrogen-bond acceptors (Lipinski definition) is 3. The zero-order valence-electron chi connectivity index (χ0n) is 9.80. The number of pyridine rings is 1. The Morgan fingerprint density at radius 3 is 3.00 bits per heavy atom. The first kappa shape index (κ1) is 11.3. The van der Waals surface area contributed by atoms with Crippen LogP contribution >= 0.6 is 0 Å². The second-order valence-corrected chi connectivity index (χ2v) is 3.85. The average molecular weight is 226 g/mol. The first-order valence-electron chi connectivity index (χ1n) is 5.74. The van der Waals surface area contributed by atoms with Crippen molar-refractivity contribution in [1.82, 2.24) is 14.8 Å². The van der Waals surface area contributed by atoms with Gasteiger partial charge in [-0.3, -0.25) is 0 Å². The molecular formula is C13H14N4. The zero-order valence-corrected chi connectivity index (χ0v) is 9.80. The summed E-state index contributed by atoms with van der Waals surface area (Å²) in [7, 11) is 0. The lowest BCUT2D eigenvalue weighted by Crippen LogP contribution is -2.04. The SMILES string of the molecule is CCCCc1ccnn1-c1cc(C#N)ccn1. The molecule has 0 unspecified atom stereocenters. The summed E-state index contributed by atoms with van der Waals surface area (Å²) in [5.74, 6) is 0.708. The highest BCUT2D eigenvalue weighted by molar-refractivity contribution is 5.35. The predicted molar refractivity (Wildman–Crippen MR) is 64.7 cm³/mol. The van der Waals surface area contributed by atoms with Crippen molar-refractivity contribution in [3.63, 3.8) is 0 Å². The first-order chi connectivity index (χ1) is 8.35. The van der Waals surface area contributed by atoms with E-state index in [1.807, 2.05) is 6.07 Å². The fourth-order valence-corrected chi connectivity index (χ4v) is 1.69. The smallest absolute Gasteiger partial charge is 0.154 e. The lowest BCUT2D eigenvalue weighted by molar-refractivity contribution is 0.719. The van der Waals surface area contributed by atoms with Crippen LogP contribution in [0.2, 0.25) is 0 Å². The van der Waals surface area contributed by atoms with Gasteiger partial charge in [-0.15, -0.1) is 0 Å². The molecule has 0 radical (unpaired) electrons. The van der Waals surface area contributed by atoms with Crippen LogP contribution in [0.3, 0.4) is 0 Å². The number of nitriles is 1. The second-order valence-electron chi connectivity index (χ2n) is 3.85. The molecule has 0 amide bonds. The summed E-state index contributed by atoms with van der Waals surface area (Å²) >= 11 is 0. The minimum absolute atomic E-state index is 0.604. The van der Waals surface area contributed by atoms with Crippen molar-refractivity contribution in [2.75, 3.05) is 0 Å². The van der Waals surface area contributed by atoms with Gasteiger partial charge >= 0.3 is 0 Å². The fourth-order valence-electron chi connectivity index (χ4n) is 1.69. The van der Waals surface area contributed by atoms with E-state index in [4.69, 9.17) is 5.26 Å². The summed E-state index contributed by atoms with van der Waals surface area (Å²) in [5.41, 5.74) is 1.74. The topological polar surface area (TPSA) is 54.5 Å². The van der Waals surface area contributed by atoms with E-state index in [9.17, 15) is 0 Å². The average Bonchev–Trinajstić information content (AvgIpc) is 2.84. The van der Waals surface area contributed by atoms with Crippen molar-refractivity contribution < 1.29 is 0 Å². The van der Waals surface area contributed by atoms with E-state index in [0.717, 1.165) is 25.0 Å². The molecule has 0 aromatic carbocycles. The van der Waals surface area contributed by atoms with E-state index in [2.05, 4.69) is 23.1 Å². The van der Waals surface area contributed by atoms with Gasteiger partial charge in [0.1, 0.15) is 0 Å². The summed E-state index contributed by atoms with van der Waals surface area (Å²) in [5, 5.41) is 13.1. The van der Waals surface area contributed by atoms with Crippen LogP contribution in [0, 0.1) is 11.3 Å². The van der Waals surface area contributed by atoms with Crippen LogP contribution in [0.15, 0.2) is 30.6 Å². The Morgan fingerprint density at radius 2 is 2.24 bits per heavy atom. The fraction of sp³-hybridized carbons (Fsp3) is 0.308. The van der Waals surface area contributed by atoms with Gasteiger partial charge in [0.2, 0.25) is 0 Å². The van der Waals surface area contributed by atoms with Crippen LogP contribution in [-0.4, -0.2) is 14.8 Å². The molecule has 2 aromatic rings. The summed E-state index contributed by atoms with van der Waals surface area (Å²) in [6, 6.07) is 7.55. The van der Waals surface area contributed by atoms with Crippen LogP contribution in [-0.2, 0) is 6.42 Å². The van der Waals surface area contributed by atoms with Crippen molar-refractivity contribution in [3.05, 3.63) is 41.9 Å². The molecule has 0 aliphatic heterocycles. The van der Waals surface area contributed by atoms with Crippen molar-refractivity contribution in [2.45, 2.75) is 26.2 Å². The molecule has 17 heavy (non-hydrogen) atoms. The van der Waals surface area contributed by atoms with Crippen molar-refractivity contribution >= 4 is 0 Å². The van der Waals surface area contributed by atoms with Gasteiger partial charge in [0.25, 0.3) is 0 Å². The Bertz CT molecular complexity index is 536. The monoisotopic (exact) mass is 226 g/mol. The van der Waals surface area contributed by atoms with Crippen LogP contribution in [0.4, 0.5) is 0 Å². The number of aromatic nitrogens is 3. The predicted octanol–water partition coefficient (Wildman–Crippen LogP) is 2.48. The molecule has 2 rings (SSSR count). The van der Waals surface area contributed by atoms with Gasteiger partial charge in [-0.2, -0.15) is 10.4 Å². The highest BCUT2D eigenvalue weighted by Gasteiger charge is 2.06. The van der Waals surface area contributed by atoms with Gasteiger partial charge in [0, 0.05) is 24.2 Å². The Hall–Kier alpha value is -2.15. The van der Waals surface area contributed by atoms with Crippen LogP contribution in [0.25, 0.3) is 5.82 Å². The zero-order chi connectivity index (χ0) is 12.1. The maximum Gasteiger partial charge on any atom is 0.154 e. The third kappa shape index (κ3) is 2.51. The molecule has 4 heteroatoms.